The molecule has 2 heterocycles. The fourth-order valence-electron chi connectivity index (χ4n) is 4.19. The minimum atomic E-state index is -0.00940. The number of hydrogen-bond acceptors (Lipinski definition) is 5. The Kier molecular flexibility index (Phi) is 10.5. The van der Waals surface area contributed by atoms with Crippen LogP contribution in [0.4, 0.5) is 0 Å². The van der Waals surface area contributed by atoms with E-state index in [0.29, 0.717) is 13.2 Å². The lowest BCUT2D eigenvalue weighted by atomic mass is 10.00. The van der Waals surface area contributed by atoms with Crippen molar-refractivity contribution in [3.63, 3.8) is 0 Å². The molecule has 0 bridgehead atoms. The van der Waals surface area contributed by atoms with Gasteiger partial charge in [-0.05, 0) is 46.2 Å². The average Bonchev–Trinajstić information content (AvgIpc) is 3.22. The number of benzene rings is 1. The summed E-state index contributed by atoms with van der Waals surface area (Å²) in [6.07, 6.45) is 1.59. The van der Waals surface area contributed by atoms with Gasteiger partial charge in [-0.2, -0.15) is 0 Å². The van der Waals surface area contributed by atoms with Gasteiger partial charge in [0.15, 0.2) is 5.96 Å². The van der Waals surface area contributed by atoms with Crippen LogP contribution >= 0.6 is 24.0 Å². The molecule has 32 heavy (non-hydrogen) atoms. The SMILES string of the molecule is CN=C(NCc1ccc(C)cc1OC1CCOC1)NCC(C)(C)N1CC(C)OC(C)C1.I. The molecule has 182 valence electrons. The molecule has 1 aromatic rings. The number of morpholine rings is 1. The molecule has 7 nitrogen and oxygen atoms in total. The van der Waals surface area contributed by atoms with Crippen molar-refractivity contribution >= 4 is 29.9 Å². The van der Waals surface area contributed by atoms with Crippen LogP contribution in [0.25, 0.3) is 0 Å². The Morgan fingerprint density at radius 1 is 1.22 bits per heavy atom. The zero-order valence-corrected chi connectivity index (χ0v) is 22.8. The van der Waals surface area contributed by atoms with E-state index in [0.717, 1.165) is 49.9 Å². The number of rotatable bonds is 7. The van der Waals surface area contributed by atoms with Gasteiger partial charge >= 0.3 is 0 Å². The molecule has 2 saturated heterocycles. The Hall–Kier alpha value is -1.10. The molecule has 2 aliphatic heterocycles. The maximum Gasteiger partial charge on any atom is 0.191 e. The summed E-state index contributed by atoms with van der Waals surface area (Å²) in [7, 11) is 1.81. The number of ether oxygens (including phenoxy) is 3. The summed E-state index contributed by atoms with van der Waals surface area (Å²) < 4.78 is 17.6. The molecular weight excluding hydrogens is 519 g/mol. The molecule has 0 saturated carbocycles. The quantitative estimate of drug-likeness (QED) is 0.303. The summed E-state index contributed by atoms with van der Waals surface area (Å²) in [5.41, 5.74) is 2.30. The summed E-state index contributed by atoms with van der Waals surface area (Å²) in [6.45, 7) is 15.7. The van der Waals surface area contributed by atoms with Gasteiger partial charge in [0.25, 0.3) is 0 Å². The highest BCUT2D eigenvalue weighted by Gasteiger charge is 2.33. The van der Waals surface area contributed by atoms with Gasteiger partial charge < -0.3 is 24.8 Å². The van der Waals surface area contributed by atoms with Crippen LogP contribution in [0.15, 0.2) is 23.2 Å². The van der Waals surface area contributed by atoms with E-state index in [4.69, 9.17) is 14.2 Å². The molecule has 2 N–H and O–H groups in total. The lowest BCUT2D eigenvalue weighted by molar-refractivity contribution is -0.0946. The average molecular weight is 561 g/mol. The number of aliphatic imine (C=N–C) groups is 1. The van der Waals surface area contributed by atoms with Crippen LogP contribution in [-0.2, 0) is 16.0 Å². The second-order valence-corrected chi connectivity index (χ2v) is 9.47. The highest BCUT2D eigenvalue weighted by Crippen LogP contribution is 2.24. The van der Waals surface area contributed by atoms with Crippen LogP contribution in [0, 0.1) is 6.92 Å². The largest absolute Gasteiger partial charge is 0.488 e. The first-order valence-corrected chi connectivity index (χ1v) is 11.5. The lowest BCUT2D eigenvalue weighted by Crippen LogP contribution is -2.59. The number of guanidine groups is 1. The Morgan fingerprint density at radius 2 is 1.94 bits per heavy atom. The Balaban J connectivity index is 0.00000363. The third-order valence-electron chi connectivity index (χ3n) is 6.04. The van der Waals surface area contributed by atoms with Gasteiger partial charge in [0, 0.05) is 50.7 Å². The zero-order valence-electron chi connectivity index (χ0n) is 20.4. The molecule has 2 fully saturated rings. The van der Waals surface area contributed by atoms with Gasteiger partial charge in [-0.1, -0.05) is 12.1 Å². The smallest absolute Gasteiger partial charge is 0.191 e. The van der Waals surface area contributed by atoms with Crippen molar-refractivity contribution in [2.24, 2.45) is 4.99 Å². The molecule has 2 aliphatic rings. The number of nitrogens with one attached hydrogen (secondary N) is 2. The van der Waals surface area contributed by atoms with Gasteiger partial charge in [0.1, 0.15) is 11.9 Å². The molecular formula is C24H41IN4O3. The van der Waals surface area contributed by atoms with Crippen LogP contribution in [0.1, 0.15) is 45.2 Å². The highest BCUT2D eigenvalue weighted by molar-refractivity contribution is 14.0. The minimum absolute atomic E-state index is 0. The Morgan fingerprint density at radius 3 is 2.56 bits per heavy atom. The van der Waals surface area contributed by atoms with Gasteiger partial charge in [-0.25, -0.2) is 0 Å². The molecule has 3 rings (SSSR count). The van der Waals surface area contributed by atoms with E-state index in [2.05, 4.69) is 73.3 Å². The first-order chi connectivity index (χ1) is 14.8. The van der Waals surface area contributed by atoms with Crippen LogP contribution in [0.5, 0.6) is 5.75 Å². The van der Waals surface area contributed by atoms with Crippen LogP contribution in [0.3, 0.4) is 0 Å². The van der Waals surface area contributed by atoms with E-state index in [9.17, 15) is 0 Å². The van der Waals surface area contributed by atoms with E-state index < -0.39 is 0 Å². The van der Waals surface area contributed by atoms with Crippen molar-refractivity contribution in [2.75, 3.05) is 39.9 Å². The van der Waals surface area contributed by atoms with Crippen LogP contribution in [0.2, 0.25) is 0 Å². The van der Waals surface area contributed by atoms with E-state index >= 15 is 0 Å². The van der Waals surface area contributed by atoms with Crippen molar-refractivity contribution in [1.82, 2.24) is 15.5 Å². The van der Waals surface area contributed by atoms with E-state index in [1.807, 2.05) is 7.05 Å². The van der Waals surface area contributed by atoms with Crippen molar-refractivity contribution < 1.29 is 14.2 Å². The number of nitrogens with zero attached hydrogens (tertiary/aromatic N) is 2. The van der Waals surface area contributed by atoms with Crippen molar-refractivity contribution in [3.8, 4) is 5.75 Å². The summed E-state index contributed by atoms with van der Waals surface area (Å²) in [6, 6.07) is 6.35. The lowest BCUT2D eigenvalue weighted by Gasteiger charge is -2.45. The van der Waals surface area contributed by atoms with Crippen LogP contribution in [-0.4, -0.2) is 74.6 Å². The van der Waals surface area contributed by atoms with Gasteiger partial charge in [0.2, 0.25) is 0 Å². The fraction of sp³-hybridized carbons (Fsp3) is 0.708. The maximum atomic E-state index is 6.22. The molecule has 0 aliphatic carbocycles. The van der Waals surface area contributed by atoms with Crippen LogP contribution < -0.4 is 15.4 Å². The summed E-state index contributed by atoms with van der Waals surface area (Å²) >= 11 is 0. The topological polar surface area (TPSA) is 67.4 Å². The number of halogens is 1. The van der Waals surface area contributed by atoms with Crippen molar-refractivity contribution in [1.29, 1.82) is 0 Å². The van der Waals surface area contributed by atoms with E-state index in [-0.39, 0.29) is 47.8 Å². The summed E-state index contributed by atoms with van der Waals surface area (Å²) in [5, 5.41) is 6.95. The van der Waals surface area contributed by atoms with Gasteiger partial charge in [-0.3, -0.25) is 9.89 Å². The molecule has 1 aromatic carbocycles. The third-order valence-corrected chi connectivity index (χ3v) is 6.04. The third kappa shape index (κ3) is 7.74. The highest BCUT2D eigenvalue weighted by atomic mass is 127. The molecule has 0 aromatic heterocycles. The summed E-state index contributed by atoms with van der Waals surface area (Å²) in [4.78, 5) is 6.92. The fourth-order valence-corrected chi connectivity index (χ4v) is 4.19. The molecule has 3 atom stereocenters. The Bertz CT molecular complexity index is 743. The number of aryl methyl sites for hydroxylation is 1. The molecule has 8 heteroatoms. The number of hydrogen-bond donors (Lipinski definition) is 2. The molecule has 0 amide bonds. The van der Waals surface area contributed by atoms with E-state index in [1.165, 1.54) is 5.56 Å². The van der Waals surface area contributed by atoms with Crippen molar-refractivity contribution in [2.45, 2.75) is 71.4 Å². The second kappa shape index (κ2) is 12.4. The zero-order chi connectivity index (χ0) is 22.4. The van der Waals surface area contributed by atoms with Gasteiger partial charge in [0.05, 0.1) is 25.4 Å². The molecule has 0 radical (unpaired) electrons. The summed E-state index contributed by atoms with van der Waals surface area (Å²) in [5.74, 6) is 1.72. The monoisotopic (exact) mass is 560 g/mol. The predicted molar refractivity (Wildman–Crippen MR) is 140 cm³/mol. The first kappa shape index (κ1) is 27.1. The first-order valence-electron chi connectivity index (χ1n) is 11.5. The van der Waals surface area contributed by atoms with E-state index in [1.54, 1.807) is 0 Å². The van der Waals surface area contributed by atoms with Gasteiger partial charge in [-0.15, -0.1) is 24.0 Å². The minimum Gasteiger partial charge on any atom is -0.488 e. The second-order valence-electron chi connectivity index (χ2n) is 9.47. The van der Waals surface area contributed by atoms with Crippen molar-refractivity contribution in [3.05, 3.63) is 29.3 Å². The Labute approximate surface area is 210 Å². The normalized spacial score (nSPS) is 24.7. The standard InChI is InChI=1S/C24H40N4O3.HI/c1-17-7-8-20(22(11-17)31-21-9-10-29-15-21)12-26-23(25-6)27-16-24(4,5)28-13-18(2)30-19(3)14-28;/h7-8,11,18-19,21H,9-10,12-16H2,1-6H3,(H2,25,26,27);1H. The molecule has 0 spiro atoms. The predicted octanol–water partition coefficient (Wildman–Crippen LogP) is 3.33. The molecule has 3 unspecified atom stereocenters. The maximum absolute atomic E-state index is 6.22.